The van der Waals surface area contributed by atoms with E-state index in [1.165, 1.54) is 0 Å². The first-order valence-corrected chi connectivity index (χ1v) is 5.51. The second-order valence-corrected chi connectivity index (χ2v) is 5.37. The molecule has 1 amide bonds. The Morgan fingerprint density at radius 3 is 2.40 bits per heavy atom. The van der Waals surface area contributed by atoms with E-state index in [4.69, 9.17) is 10.5 Å². The average Bonchev–Trinajstić information content (AvgIpc) is 1.98. The van der Waals surface area contributed by atoms with Crippen molar-refractivity contribution in [1.29, 1.82) is 0 Å². The van der Waals surface area contributed by atoms with Gasteiger partial charge >= 0.3 is 0 Å². The molecule has 0 aliphatic heterocycles. The van der Waals surface area contributed by atoms with E-state index in [9.17, 15) is 4.79 Å². The maximum absolute atomic E-state index is 11.6. The van der Waals surface area contributed by atoms with Gasteiger partial charge < -0.3 is 15.8 Å². The summed E-state index contributed by atoms with van der Waals surface area (Å²) < 4.78 is 5.57. The van der Waals surface area contributed by atoms with Crippen molar-refractivity contribution < 1.29 is 9.53 Å². The van der Waals surface area contributed by atoms with Gasteiger partial charge in [0.05, 0.1) is 6.10 Å². The van der Waals surface area contributed by atoms with Crippen molar-refractivity contribution in [1.82, 2.24) is 5.32 Å². The summed E-state index contributed by atoms with van der Waals surface area (Å²) in [6, 6.07) is 0.257. The molecule has 4 heteroatoms. The van der Waals surface area contributed by atoms with Gasteiger partial charge in [-0.15, -0.1) is 0 Å². The Morgan fingerprint density at radius 1 is 1.47 bits per heavy atom. The average molecular weight is 214 g/mol. The molecule has 0 heterocycles. The number of ether oxygens (including phenoxy) is 1. The Labute approximate surface area is 91.5 Å². The first-order valence-electron chi connectivity index (χ1n) is 5.51. The van der Waals surface area contributed by atoms with Gasteiger partial charge in [-0.25, -0.2) is 0 Å². The molecule has 0 aromatic rings. The molecule has 4 nitrogen and oxygen atoms in total. The molecule has 0 radical (unpaired) electrons. The highest BCUT2D eigenvalue weighted by molar-refractivity contribution is 5.81. The zero-order valence-corrected chi connectivity index (χ0v) is 10.0. The maximum Gasteiger partial charge on any atom is 0.249 e. The Hall–Kier alpha value is -0.610. The third-order valence-corrected chi connectivity index (χ3v) is 2.40. The van der Waals surface area contributed by atoms with Crippen LogP contribution in [0.1, 0.15) is 40.5 Å². The largest absolute Gasteiger partial charge is 0.365 e. The smallest absolute Gasteiger partial charge is 0.249 e. The van der Waals surface area contributed by atoms with E-state index in [0.717, 1.165) is 12.8 Å². The van der Waals surface area contributed by atoms with E-state index in [1.54, 1.807) is 6.92 Å². The van der Waals surface area contributed by atoms with Gasteiger partial charge in [0.15, 0.2) is 0 Å². The zero-order valence-electron chi connectivity index (χ0n) is 10.0. The summed E-state index contributed by atoms with van der Waals surface area (Å²) in [7, 11) is 0. The molecule has 1 aliphatic rings. The van der Waals surface area contributed by atoms with Crippen LogP contribution in [0.25, 0.3) is 0 Å². The third kappa shape index (κ3) is 4.18. The summed E-state index contributed by atoms with van der Waals surface area (Å²) in [5.41, 5.74) is 5.44. The Morgan fingerprint density at radius 2 is 2.00 bits per heavy atom. The fraction of sp³-hybridized carbons (Fsp3) is 0.909. The topological polar surface area (TPSA) is 64.3 Å². The Balaban J connectivity index is 2.27. The van der Waals surface area contributed by atoms with Crippen molar-refractivity contribution in [3.8, 4) is 0 Å². The van der Waals surface area contributed by atoms with Crippen LogP contribution in [0.4, 0.5) is 0 Å². The van der Waals surface area contributed by atoms with E-state index in [1.807, 2.05) is 20.8 Å². The lowest BCUT2D eigenvalue weighted by molar-refractivity contribution is -0.140. The van der Waals surface area contributed by atoms with Gasteiger partial charge in [-0.05, 0) is 40.5 Å². The van der Waals surface area contributed by atoms with Crippen LogP contribution in [0.3, 0.4) is 0 Å². The molecule has 1 unspecified atom stereocenters. The molecular formula is C11H22N2O2. The first kappa shape index (κ1) is 12.5. The molecule has 0 spiro atoms. The molecule has 1 atom stereocenters. The van der Waals surface area contributed by atoms with Gasteiger partial charge in [0.1, 0.15) is 6.10 Å². The molecular weight excluding hydrogens is 192 g/mol. The van der Waals surface area contributed by atoms with Gasteiger partial charge in [0.2, 0.25) is 5.91 Å². The summed E-state index contributed by atoms with van der Waals surface area (Å²) in [6.07, 6.45) is 1.52. The number of nitrogens with two attached hydrogens (primary N) is 1. The van der Waals surface area contributed by atoms with Crippen molar-refractivity contribution in [3.63, 3.8) is 0 Å². The van der Waals surface area contributed by atoms with E-state index in [0.29, 0.717) is 0 Å². The molecule has 1 rings (SSSR count). The highest BCUT2D eigenvalue weighted by Crippen LogP contribution is 2.22. The molecule has 0 bridgehead atoms. The van der Waals surface area contributed by atoms with Crippen molar-refractivity contribution in [3.05, 3.63) is 0 Å². The monoisotopic (exact) mass is 214 g/mol. The van der Waals surface area contributed by atoms with Gasteiger partial charge in [0, 0.05) is 11.6 Å². The summed E-state index contributed by atoms with van der Waals surface area (Å²) in [5.74, 6) is -0.0528. The number of hydrogen-bond donors (Lipinski definition) is 2. The van der Waals surface area contributed by atoms with Crippen LogP contribution in [-0.2, 0) is 9.53 Å². The van der Waals surface area contributed by atoms with Crippen molar-refractivity contribution >= 4 is 5.91 Å². The summed E-state index contributed by atoms with van der Waals surface area (Å²) in [5, 5.41) is 2.89. The van der Waals surface area contributed by atoms with Crippen molar-refractivity contribution in [2.75, 3.05) is 0 Å². The van der Waals surface area contributed by atoms with Gasteiger partial charge in [-0.1, -0.05) is 0 Å². The maximum atomic E-state index is 11.6. The zero-order chi connectivity index (χ0) is 11.6. The molecule has 3 N–H and O–H groups in total. The van der Waals surface area contributed by atoms with Crippen molar-refractivity contribution in [2.24, 2.45) is 5.73 Å². The van der Waals surface area contributed by atoms with Crippen LogP contribution >= 0.6 is 0 Å². The van der Waals surface area contributed by atoms with Crippen LogP contribution in [-0.4, -0.2) is 29.7 Å². The van der Waals surface area contributed by atoms with Crippen LogP contribution in [0, 0.1) is 0 Å². The molecule has 1 aliphatic carbocycles. The van der Waals surface area contributed by atoms with Crippen LogP contribution in [0.15, 0.2) is 0 Å². The summed E-state index contributed by atoms with van der Waals surface area (Å²) in [4.78, 5) is 11.6. The molecule has 15 heavy (non-hydrogen) atoms. The van der Waals surface area contributed by atoms with E-state index < -0.39 is 0 Å². The van der Waals surface area contributed by atoms with Gasteiger partial charge in [0.25, 0.3) is 0 Å². The molecule has 1 saturated carbocycles. The molecule has 0 aromatic carbocycles. The molecule has 1 fully saturated rings. The van der Waals surface area contributed by atoms with E-state index in [2.05, 4.69) is 5.32 Å². The fourth-order valence-corrected chi connectivity index (χ4v) is 1.54. The third-order valence-electron chi connectivity index (χ3n) is 2.40. The molecule has 0 aromatic heterocycles. The quantitative estimate of drug-likeness (QED) is 0.730. The number of hydrogen-bond acceptors (Lipinski definition) is 3. The minimum atomic E-state index is -0.387. The number of carbonyl (C=O) groups excluding carboxylic acids is 1. The number of nitrogens with one attached hydrogen (secondary N) is 1. The van der Waals surface area contributed by atoms with E-state index >= 15 is 0 Å². The van der Waals surface area contributed by atoms with Gasteiger partial charge in [-0.3, -0.25) is 4.79 Å². The molecule has 88 valence electrons. The Kier molecular flexibility index (Phi) is 3.73. The van der Waals surface area contributed by atoms with Crippen LogP contribution < -0.4 is 11.1 Å². The van der Waals surface area contributed by atoms with Crippen LogP contribution in [0.2, 0.25) is 0 Å². The first-order chi connectivity index (χ1) is 6.78. The van der Waals surface area contributed by atoms with Gasteiger partial charge in [-0.2, -0.15) is 0 Å². The minimum absolute atomic E-state index is 0.0528. The summed E-state index contributed by atoms with van der Waals surface area (Å²) >= 11 is 0. The second kappa shape index (κ2) is 4.49. The lowest BCUT2D eigenvalue weighted by Gasteiger charge is -2.34. The van der Waals surface area contributed by atoms with Crippen molar-refractivity contribution in [2.45, 2.75) is 64.3 Å². The number of carbonyl (C=O) groups is 1. The highest BCUT2D eigenvalue weighted by atomic mass is 16.5. The highest BCUT2D eigenvalue weighted by Gasteiger charge is 2.30. The lowest BCUT2D eigenvalue weighted by atomic mass is 9.90. The minimum Gasteiger partial charge on any atom is -0.365 e. The fourth-order valence-electron chi connectivity index (χ4n) is 1.54. The predicted octanol–water partition coefficient (Wildman–Crippen LogP) is 0.796. The summed E-state index contributed by atoms with van der Waals surface area (Å²) in [6.45, 7) is 7.65. The number of rotatable bonds is 3. The second-order valence-electron chi connectivity index (χ2n) is 5.37. The predicted molar refractivity (Wildman–Crippen MR) is 59.4 cm³/mol. The van der Waals surface area contributed by atoms with E-state index in [-0.39, 0.29) is 29.7 Å². The lowest BCUT2D eigenvalue weighted by Crippen LogP contribution is -2.49. The standard InChI is InChI=1S/C11H22N2O2/c1-7(10(14)13-11(2,3)4)15-9-5-8(12)6-9/h7-9H,5-6,12H2,1-4H3,(H,13,14). The van der Waals surface area contributed by atoms with Crippen LogP contribution in [0.5, 0.6) is 0 Å². The Bertz CT molecular complexity index is 229. The molecule has 0 saturated heterocycles. The normalized spacial score (nSPS) is 28.1. The SMILES string of the molecule is CC(OC1CC(N)C1)C(=O)NC(C)(C)C. The number of amides is 1.